The van der Waals surface area contributed by atoms with E-state index in [1.165, 1.54) is 30.5 Å². The molecule has 0 bridgehead atoms. The fraction of sp³-hybridized carbons (Fsp3) is 0.317. The van der Waals surface area contributed by atoms with E-state index in [0.717, 1.165) is 18.4 Å². The van der Waals surface area contributed by atoms with Crippen LogP contribution in [-0.4, -0.2) is 72.7 Å². The molecule has 0 aliphatic heterocycles. The van der Waals surface area contributed by atoms with Gasteiger partial charge in [-0.05, 0) is 51.9 Å². The Morgan fingerprint density at radius 2 is 1.69 bits per heavy atom. The van der Waals surface area contributed by atoms with Crippen molar-refractivity contribution < 1.29 is 23.5 Å². The van der Waals surface area contributed by atoms with Gasteiger partial charge in [0.25, 0.3) is 9.04 Å². The molecule has 54 heavy (non-hydrogen) atoms. The predicted octanol–water partition coefficient (Wildman–Crippen LogP) is 7.74. The number of fused-ring (bicyclic) bond motifs is 2. The molecule has 3 aromatic carbocycles. The normalized spacial score (nSPS) is 12.2. The van der Waals surface area contributed by atoms with Crippen LogP contribution in [0.15, 0.2) is 91.3 Å². The SMILES string of the molecule is CCC[C@@H](CCO[Si](c1ccccc1-c1ccccc1)C(C)(C)C)Nc1nc(NC(=O)OC)nc2cnn(Cc3ccc(C(=O)OC)c4cccnc34)c12. The number of benzene rings is 3. The molecular weight excluding hydrogens is 699 g/mol. The number of hydrogen-bond acceptors (Lipinski definition) is 10. The predicted molar refractivity (Wildman–Crippen MR) is 213 cm³/mol. The summed E-state index contributed by atoms with van der Waals surface area (Å²) < 4.78 is 18.6. The summed E-state index contributed by atoms with van der Waals surface area (Å²) in [5, 5.41) is 12.8. The van der Waals surface area contributed by atoms with Gasteiger partial charge < -0.3 is 19.2 Å². The summed E-state index contributed by atoms with van der Waals surface area (Å²) in [5.41, 5.74) is 5.51. The highest BCUT2D eigenvalue weighted by Crippen LogP contribution is 2.31. The molecule has 1 amide bonds. The minimum Gasteiger partial charge on any atom is -0.465 e. The van der Waals surface area contributed by atoms with Gasteiger partial charge in [-0.15, -0.1) is 0 Å². The number of anilines is 2. The summed E-state index contributed by atoms with van der Waals surface area (Å²) in [6.07, 6.45) is 5.15. The number of carbonyl (C=O) groups excluding carboxylic acids is 2. The zero-order chi connectivity index (χ0) is 38.2. The maximum absolute atomic E-state index is 12.5. The first kappa shape index (κ1) is 38.1. The topological polar surface area (TPSA) is 142 Å². The molecule has 0 saturated carbocycles. The molecule has 6 rings (SSSR count). The van der Waals surface area contributed by atoms with E-state index in [2.05, 4.69) is 96.8 Å². The summed E-state index contributed by atoms with van der Waals surface area (Å²) in [5.74, 6) is 0.173. The molecule has 1 atom stereocenters. The van der Waals surface area contributed by atoms with Gasteiger partial charge in [0, 0.05) is 24.2 Å². The van der Waals surface area contributed by atoms with Crippen LogP contribution in [0, 0.1) is 0 Å². The van der Waals surface area contributed by atoms with Crippen molar-refractivity contribution in [2.45, 2.75) is 64.6 Å². The lowest BCUT2D eigenvalue weighted by molar-refractivity contribution is 0.0603. The van der Waals surface area contributed by atoms with Crippen LogP contribution in [0.4, 0.5) is 16.6 Å². The highest BCUT2D eigenvalue weighted by molar-refractivity contribution is 6.71. The molecule has 3 aromatic heterocycles. The summed E-state index contributed by atoms with van der Waals surface area (Å²) in [4.78, 5) is 38.7. The molecule has 0 aliphatic rings. The van der Waals surface area contributed by atoms with E-state index in [0.29, 0.717) is 52.9 Å². The molecule has 0 fully saturated rings. The van der Waals surface area contributed by atoms with E-state index in [1.54, 1.807) is 24.5 Å². The molecule has 13 heteroatoms. The molecule has 1 radical (unpaired) electrons. The minimum absolute atomic E-state index is 0.0168. The first-order valence-electron chi connectivity index (χ1n) is 18.1. The Kier molecular flexibility index (Phi) is 12.0. The van der Waals surface area contributed by atoms with Crippen LogP contribution in [0.5, 0.6) is 0 Å². The molecule has 0 saturated heterocycles. The summed E-state index contributed by atoms with van der Waals surface area (Å²) in [6, 6.07) is 26.3. The number of rotatable bonds is 14. The monoisotopic (exact) mass is 744 g/mol. The number of nitrogens with zero attached hydrogens (tertiary/aromatic N) is 5. The van der Waals surface area contributed by atoms with Crippen molar-refractivity contribution >= 4 is 60.0 Å². The Hall–Kier alpha value is -5.66. The molecule has 279 valence electrons. The lowest BCUT2D eigenvalue weighted by Crippen LogP contribution is -2.43. The highest BCUT2D eigenvalue weighted by atomic mass is 28.3. The van der Waals surface area contributed by atoms with Crippen molar-refractivity contribution in [3.8, 4) is 11.1 Å². The zero-order valence-corrected chi connectivity index (χ0v) is 32.6. The largest absolute Gasteiger partial charge is 0.465 e. The third kappa shape index (κ3) is 8.58. The van der Waals surface area contributed by atoms with E-state index >= 15 is 0 Å². The van der Waals surface area contributed by atoms with Gasteiger partial charge in [0.15, 0.2) is 5.82 Å². The number of aromatic nitrogens is 5. The van der Waals surface area contributed by atoms with Gasteiger partial charge in [0.05, 0.1) is 38.0 Å². The van der Waals surface area contributed by atoms with Crippen molar-refractivity contribution in [2.75, 3.05) is 31.5 Å². The van der Waals surface area contributed by atoms with Crippen LogP contribution in [0.3, 0.4) is 0 Å². The molecule has 6 aromatic rings. The number of hydrogen-bond donors (Lipinski definition) is 2. The highest BCUT2D eigenvalue weighted by Gasteiger charge is 2.33. The number of pyridine rings is 1. The fourth-order valence-electron chi connectivity index (χ4n) is 6.61. The summed E-state index contributed by atoms with van der Waals surface area (Å²) >= 11 is 0. The lowest BCUT2D eigenvalue weighted by Gasteiger charge is -2.31. The van der Waals surface area contributed by atoms with Gasteiger partial charge in [0.1, 0.15) is 11.0 Å². The summed E-state index contributed by atoms with van der Waals surface area (Å²) in [6.45, 7) is 9.76. The van der Waals surface area contributed by atoms with Gasteiger partial charge in [-0.25, -0.2) is 14.6 Å². The van der Waals surface area contributed by atoms with Crippen molar-refractivity contribution in [1.29, 1.82) is 0 Å². The van der Waals surface area contributed by atoms with E-state index in [4.69, 9.17) is 24.0 Å². The Balaban J connectivity index is 1.31. The van der Waals surface area contributed by atoms with Crippen molar-refractivity contribution in [3.05, 3.63) is 102 Å². The van der Waals surface area contributed by atoms with Crippen LogP contribution in [0.1, 0.15) is 62.9 Å². The molecule has 12 nitrogen and oxygen atoms in total. The third-order valence-corrected chi connectivity index (χ3v) is 11.9. The zero-order valence-electron chi connectivity index (χ0n) is 31.6. The molecule has 0 aliphatic carbocycles. The van der Waals surface area contributed by atoms with Crippen molar-refractivity contribution in [1.82, 2.24) is 24.7 Å². The van der Waals surface area contributed by atoms with E-state index in [1.807, 2.05) is 22.9 Å². The maximum Gasteiger partial charge on any atom is 0.413 e. The Morgan fingerprint density at radius 3 is 2.43 bits per heavy atom. The number of amides is 1. The Morgan fingerprint density at radius 1 is 0.907 bits per heavy atom. The number of ether oxygens (including phenoxy) is 2. The van der Waals surface area contributed by atoms with Gasteiger partial charge >= 0.3 is 12.1 Å². The number of methoxy groups -OCH3 is 2. The smallest absolute Gasteiger partial charge is 0.413 e. The van der Waals surface area contributed by atoms with Crippen LogP contribution in [0.2, 0.25) is 5.04 Å². The average molecular weight is 745 g/mol. The van der Waals surface area contributed by atoms with Crippen LogP contribution >= 0.6 is 0 Å². The standard InChI is InChI=1S/C41H46N7O5Si/c1-7-14-29(22-24-53-54(41(2,3)4)34-19-12-11-17-30(34)27-15-9-8-10-16-27)44-37-36-33(45-39(46-37)47-40(50)52-6)25-43-48(36)26-28-20-21-32(38(49)51-5)31-18-13-23-42-35(28)31/h8-13,15-21,23,25,29H,7,14,22,24,26H2,1-6H3,(H2,44,45,46,47,50)/t29-/m0/s1. The van der Waals surface area contributed by atoms with Gasteiger partial charge in [0.2, 0.25) is 5.95 Å². The van der Waals surface area contributed by atoms with Gasteiger partial charge in [-0.2, -0.15) is 10.1 Å². The Labute approximate surface area is 317 Å². The molecule has 3 heterocycles. The van der Waals surface area contributed by atoms with E-state index < -0.39 is 21.1 Å². The van der Waals surface area contributed by atoms with Crippen molar-refractivity contribution in [3.63, 3.8) is 0 Å². The average Bonchev–Trinajstić information content (AvgIpc) is 3.58. The first-order chi connectivity index (χ1) is 26.1. The minimum atomic E-state index is -1.48. The Bertz CT molecular complexity index is 2240. The molecule has 2 N–H and O–H groups in total. The first-order valence-corrected chi connectivity index (χ1v) is 19.5. The number of carbonyl (C=O) groups is 2. The van der Waals surface area contributed by atoms with Crippen LogP contribution < -0.4 is 15.8 Å². The number of esters is 1. The third-order valence-electron chi connectivity index (χ3n) is 9.09. The maximum atomic E-state index is 12.5. The lowest BCUT2D eigenvalue weighted by atomic mass is 10.0. The second-order valence-electron chi connectivity index (χ2n) is 14.0. The van der Waals surface area contributed by atoms with Crippen LogP contribution in [0.25, 0.3) is 33.1 Å². The number of nitrogens with one attached hydrogen (secondary N) is 2. The second-order valence-corrected chi connectivity index (χ2v) is 17.0. The van der Waals surface area contributed by atoms with Gasteiger partial charge in [-0.3, -0.25) is 15.0 Å². The van der Waals surface area contributed by atoms with Crippen LogP contribution in [-0.2, 0) is 20.4 Å². The van der Waals surface area contributed by atoms with Crippen molar-refractivity contribution in [2.24, 2.45) is 0 Å². The van der Waals surface area contributed by atoms with E-state index in [9.17, 15) is 9.59 Å². The molecular formula is C41H46N7O5Si. The van der Waals surface area contributed by atoms with Gasteiger partial charge in [-0.1, -0.05) is 101 Å². The fourth-order valence-corrected chi connectivity index (χ4v) is 9.05. The molecule has 0 unspecified atom stereocenters. The summed E-state index contributed by atoms with van der Waals surface area (Å²) in [7, 11) is 1.17. The quantitative estimate of drug-likeness (QED) is 0.0840. The second kappa shape index (κ2) is 17.0. The van der Waals surface area contributed by atoms with E-state index in [-0.39, 0.29) is 17.0 Å². The molecule has 0 spiro atoms.